The molecule has 106 valence electrons. The number of aromatic nitrogens is 2. The summed E-state index contributed by atoms with van der Waals surface area (Å²) in [6, 6.07) is 0. The number of carbonyl (C=O) groups excluding carboxylic acids is 1. The van der Waals surface area contributed by atoms with Gasteiger partial charge >= 0.3 is 5.97 Å². The van der Waals surface area contributed by atoms with Gasteiger partial charge in [-0.25, -0.2) is 0 Å². The molecule has 1 rings (SSSR count). The highest BCUT2D eigenvalue weighted by molar-refractivity contribution is 5.77. The SMILES string of the molecule is CCCCc1noc(CN(CC(N)=O)CC(=O)O)n1. The number of primary amides is 1. The molecule has 0 spiro atoms. The largest absolute Gasteiger partial charge is 0.480 e. The number of nitrogens with zero attached hydrogens (tertiary/aromatic N) is 3. The molecule has 8 nitrogen and oxygen atoms in total. The predicted octanol–water partition coefficient (Wildman–Crippen LogP) is -0.216. The third-order valence-corrected chi connectivity index (χ3v) is 2.36. The van der Waals surface area contributed by atoms with Crippen molar-refractivity contribution in [3.63, 3.8) is 0 Å². The lowest BCUT2D eigenvalue weighted by Gasteiger charge is -2.15. The van der Waals surface area contributed by atoms with Crippen molar-refractivity contribution in [1.29, 1.82) is 0 Å². The van der Waals surface area contributed by atoms with Crippen molar-refractivity contribution in [2.75, 3.05) is 13.1 Å². The van der Waals surface area contributed by atoms with Crippen LogP contribution in [0.15, 0.2) is 4.52 Å². The minimum atomic E-state index is -1.05. The zero-order valence-corrected chi connectivity index (χ0v) is 10.8. The summed E-state index contributed by atoms with van der Waals surface area (Å²) in [5, 5.41) is 12.5. The van der Waals surface area contributed by atoms with E-state index in [4.69, 9.17) is 15.4 Å². The lowest BCUT2D eigenvalue weighted by atomic mass is 10.2. The number of rotatable bonds is 9. The molecule has 0 unspecified atom stereocenters. The molecular formula is C11H18N4O4. The number of aliphatic carboxylic acids is 1. The quantitative estimate of drug-likeness (QED) is 0.636. The van der Waals surface area contributed by atoms with Gasteiger partial charge in [0, 0.05) is 6.42 Å². The van der Waals surface area contributed by atoms with Crippen molar-refractivity contribution in [3.05, 3.63) is 11.7 Å². The first-order chi connectivity index (χ1) is 9.01. The predicted molar refractivity (Wildman–Crippen MR) is 65.0 cm³/mol. The zero-order chi connectivity index (χ0) is 14.3. The summed E-state index contributed by atoms with van der Waals surface area (Å²) >= 11 is 0. The van der Waals surface area contributed by atoms with E-state index >= 15 is 0 Å². The van der Waals surface area contributed by atoms with Crippen LogP contribution in [0.1, 0.15) is 31.5 Å². The standard InChI is InChI=1S/C11H18N4O4/c1-2-3-4-9-13-10(19-14-9)6-15(5-8(12)16)7-11(17)18/h2-7H2,1H3,(H2,12,16)(H,17,18). The fourth-order valence-corrected chi connectivity index (χ4v) is 1.56. The van der Waals surface area contributed by atoms with Gasteiger partial charge in [-0.3, -0.25) is 14.5 Å². The number of nitrogens with two attached hydrogens (primary N) is 1. The van der Waals surface area contributed by atoms with Crippen molar-refractivity contribution < 1.29 is 19.2 Å². The third-order valence-electron chi connectivity index (χ3n) is 2.36. The number of carbonyl (C=O) groups is 2. The first-order valence-electron chi connectivity index (χ1n) is 6.05. The van der Waals surface area contributed by atoms with E-state index in [2.05, 4.69) is 17.1 Å². The van der Waals surface area contributed by atoms with Gasteiger partial charge in [0.1, 0.15) is 0 Å². The van der Waals surface area contributed by atoms with Gasteiger partial charge in [-0.1, -0.05) is 18.5 Å². The zero-order valence-electron chi connectivity index (χ0n) is 10.8. The molecule has 0 aliphatic rings. The molecule has 0 saturated heterocycles. The second-order valence-electron chi connectivity index (χ2n) is 4.21. The molecule has 1 amide bonds. The highest BCUT2D eigenvalue weighted by atomic mass is 16.5. The Kier molecular flexibility index (Phi) is 5.94. The molecule has 1 aromatic rings. The van der Waals surface area contributed by atoms with Crippen molar-refractivity contribution in [1.82, 2.24) is 15.0 Å². The van der Waals surface area contributed by atoms with Gasteiger partial charge < -0.3 is 15.4 Å². The molecule has 0 atom stereocenters. The van der Waals surface area contributed by atoms with Crippen LogP contribution in [0.3, 0.4) is 0 Å². The van der Waals surface area contributed by atoms with Gasteiger partial charge in [-0.15, -0.1) is 0 Å². The summed E-state index contributed by atoms with van der Waals surface area (Å²) in [6.45, 7) is 1.67. The number of amides is 1. The average molecular weight is 270 g/mol. The Balaban J connectivity index is 2.59. The Morgan fingerprint density at radius 3 is 2.74 bits per heavy atom. The van der Waals surface area contributed by atoms with Crippen molar-refractivity contribution in [2.24, 2.45) is 5.73 Å². The van der Waals surface area contributed by atoms with Crippen molar-refractivity contribution in [2.45, 2.75) is 32.7 Å². The van der Waals surface area contributed by atoms with Crippen LogP contribution in [-0.4, -0.2) is 45.1 Å². The van der Waals surface area contributed by atoms with Crippen LogP contribution in [0.25, 0.3) is 0 Å². The number of aryl methyl sites for hydroxylation is 1. The van der Waals surface area contributed by atoms with E-state index in [0.717, 1.165) is 19.3 Å². The third kappa shape index (κ3) is 5.96. The van der Waals surface area contributed by atoms with Crippen LogP contribution in [0, 0.1) is 0 Å². The van der Waals surface area contributed by atoms with Crippen LogP contribution in [0.4, 0.5) is 0 Å². The van der Waals surface area contributed by atoms with E-state index in [1.54, 1.807) is 0 Å². The number of hydrogen-bond acceptors (Lipinski definition) is 6. The molecule has 8 heteroatoms. The number of unbranched alkanes of at least 4 members (excludes halogenated alkanes) is 1. The van der Waals surface area contributed by atoms with E-state index in [0.29, 0.717) is 5.82 Å². The molecule has 19 heavy (non-hydrogen) atoms. The normalized spacial score (nSPS) is 10.8. The van der Waals surface area contributed by atoms with Crippen LogP contribution in [0.5, 0.6) is 0 Å². The smallest absolute Gasteiger partial charge is 0.317 e. The van der Waals surface area contributed by atoms with E-state index in [1.807, 2.05) is 0 Å². The second kappa shape index (κ2) is 7.47. The molecule has 0 fully saturated rings. The first-order valence-corrected chi connectivity index (χ1v) is 6.05. The minimum absolute atomic E-state index is 0.0916. The van der Waals surface area contributed by atoms with E-state index in [9.17, 15) is 9.59 Å². The Morgan fingerprint density at radius 2 is 2.16 bits per heavy atom. The molecule has 1 aromatic heterocycles. The van der Waals surface area contributed by atoms with E-state index in [1.165, 1.54) is 4.90 Å². The number of carboxylic acids is 1. The molecule has 3 N–H and O–H groups in total. The van der Waals surface area contributed by atoms with Crippen LogP contribution in [0.2, 0.25) is 0 Å². The lowest BCUT2D eigenvalue weighted by molar-refractivity contribution is -0.138. The maximum absolute atomic E-state index is 10.8. The van der Waals surface area contributed by atoms with Gasteiger partial charge in [0.05, 0.1) is 19.6 Å². The van der Waals surface area contributed by atoms with Gasteiger partial charge in [0.25, 0.3) is 0 Å². The molecule has 0 saturated carbocycles. The van der Waals surface area contributed by atoms with Gasteiger partial charge in [-0.2, -0.15) is 4.98 Å². The fraction of sp³-hybridized carbons (Fsp3) is 0.636. The van der Waals surface area contributed by atoms with E-state index < -0.39 is 11.9 Å². The highest BCUT2D eigenvalue weighted by Crippen LogP contribution is 2.05. The van der Waals surface area contributed by atoms with Gasteiger partial charge in [0.15, 0.2) is 5.82 Å². The van der Waals surface area contributed by atoms with Crippen molar-refractivity contribution in [3.8, 4) is 0 Å². The monoisotopic (exact) mass is 270 g/mol. The molecular weight excluding hydrogens is 252 g/mol. The Morgan fingerprint density at radius 1 is 1.42 bits per heavy atom. The number of carboxylic acid groups (broad SMARTS) is 1. The molecule has 0 aliphatic carbocycles. The lowest BCUT2D eigenvalue weighted by Crippen LogP contribution is -2.36. The average Bonchev–Trinajstić information content (AvgIpc) is 2.72. The summed E-state index contributed by atoms with van der Waals surface area (Å²) < 4.78 is 5.01. The fourth-order valence-electron chi connectivity index (χ4n) is 1.56. The minimum Gasteiger partial charge on any atom is -0.480 e. The Bertz CT molecular complexity index is 416. The molecule has 0 aliphatic heterocycles. The van der Waals surface area contributed by atoms with Crippen LogP contribution < -0.4 is 5.73 Å². The summed E-state index contributed by atoms with van der Waals surface area (Å²) in [5.41, 5.74) is 5.05. The molecule has 0 bridgehead atoms. The highest BCUT2D eigenvalue weighted by Gasteiger charge is 2.16. The Hall–Kier alpha value is -1.96. The molecule has 1 heterocycles. The number of hydrogen-bond donors (Lipinski definition) is 2. The first kappa shape index (κ1) is 15.1. The van der Waals surface area contributed by atoms with Gasteiger partial charge in [-0.05, 0) is 6.42 Å². The van der Waals surface area contributed by atoms with Gasteiger partial charge in [0.2, 0.25) is 11.8 Å². The van der Waals surface area contributed by atoms with Crippen LogP contribution >= 0.6 is 0 Å². The maximum Gasteiger partial charge on any atom is 0.317 e. The topological polar surface area (TPSA) is 123 Å². The maximum atomic E-state index is 10.8. The summed E-state index contributed by atoms with van der Waals surface area (Å²) in [4.78, 5) is 27.0. The molecule has 0 aromatic carbocycles. The summed E-state index contributed by atoms with van der Waals surface area (Å²) in [7, 11) is 0. The van der Waals surface area contributed by atoms with Crippen LogP contribution in [-0.2, 0) is 22.6 Å². The molecule has 0 radical (unpaired) electrons. The summed E-state index contributed by atoms with van der Waals surface area (Å²) in [5.74, 6) is -0.779. The second-order valence-corrected chi connectivity index (χ2v) is 4.21. The Labute approximate surface area is 110 Å². The summed E-state index contributed by atoms with van der Waals surface area (Å²) in [6.07, 6.45) is 2.70. The van der Waals surface area contributed by atoms with Crippen molar-refractivity contribution >= 4 is 11.9 Å². The van der Waals surface area contributed by atoms with E-state index in [-0.39, 0.29) is 25.5 Å².